The van der Waals surface area contributed by atoms with Gasteiger partial charge in [-0.1, -0.05) is 0 Å². The zero-order chi connectivity index (χ0) is 14.5. The van der Waals surface area contributed by atoms with Gasteiger partial charge in [0.05, 0.1) is 11.5 Å². The summed E-state index contributed by atoms with van der Waals surface area (Å²) in [6.07, 6.45) is 0. The van der Waals surface area contributed by atoms with Gasteiger partial charge in [-0.15, -0.1) is 0 Å². The lowest BCUT2D eigenvalue weighted by Gasteiger charge is -2.13. The molecule has 2 rings (SSSR count). The fourth-order valence-electron chi connectivity index (χ4n) is 1.66. The molecule has 0 aliphatic carbocycles. The fraction of sp³-hybridized carbons (Fsp3) is 0.308. The maximum absolute atomic E-state index is 11.4. The Morgan fingerprint density at radius 1 is 1.15 bits per heavy atom. The molecule has 0 atom stereocenters. The Morgan fingerprint density at radius 3 is 2.55 bits per heavy atom. The van der Waals surface area contributed by atoms with Crippen LogP contribution in [0.5, 0.6) is 17.2 Å². The van der Waals surface area contributed by atoms with Crippen LogP contribution in [0.1, 0.15) is 0 Å². The molecule has 7 heteroatoms. The van der Waals surface area contributed by atoms with Crippen LogP contribution in [-0.2, 0) is 9.47 Å². The van der Waals surface area contributed by atoms with E-state index in [4.69, 9.17) is 23.4 Å². The van der Waals surface area contributed by atoms with Crippen LogP contribution in [0.2, 0.25) is 0 Å². The second-order valence-corrected chi connectivity index (χ2v) is 3.82. The van der Waals surface area contributed by atoms with Crippen LogP contribution < -0.4 is 15.1 Å². The lowest BCUT2D eigenvalue weighted by atomic mass is 10.2. The van der Waals surface area contributed by atoms with E-state index in [1.54, 1.807) is 12.1 Å². The highest BCUT2D eigenvalue weighted by atomic mass is 16.7. The second kappa shape index (κ2) is 6.27. The van der Waals surface area contributed by atoms with Crippen molar-refractivity contribution in [1.29, 1.82) is 0 Å². The first-order valence-corrected chi connectivity index (χ1v) is 5.70. The number of hydrogen-bond donors (Lipinski definition) is 1. The topological polar surface area (TPSA) is 87.4 Å². The molecule has 0 saturated carbocycles. The van der Waals surface area contributed by atoms with Crippen LogP contribution in [0.25, 0.3) is 11.0 Å². The van der Waals surface area contributed by atoms with Crippen LogP contribution in [0, 0.1) is 0 Å². The summed E-state index contributed by atoms with van der Waals surface area (Å²) in [5.74, 6) is 0.274. The molecule has 0 fully saturated rings. The summed E-state index contributed by atoms with van der Waals surface area (Å²) in [7, 11) is 2.93. The van der Waals surface area contributed by atoms with Gasteiger partial charge in [0.25, 0.3) is 0 Å². The molecule has 1 heterocycles. The zero-order valence-electron chi connectivity index (χ0n) is 11.0. The molecule has 0 aliphatic rings. The fourth-order valence-corrected chi connectivity index (χ4v) is 1.66. The monoisotopic (exact) mass is 282 g/mol. The molecule has 1 N–H and O–H groups in total. The van der Waals surface area contributed by atoms with Gasteiger partial charge in [-0.3, -0.25) is 0 Å². The molecular formula is C13H14O7. The molecule has 7 nitrogen and oxygen atoms in total. The summed E-state index contributed by atoms with van der Waals surface area (Å²) in [6, 6.07) is 4.11. The highest BCUT2D eigenvalue weighted by Crippen LogP contribution is 2.38. The van der Waals surface area contributed by atoms with Crippen LogP contribution in [0.15, 0.2) is 27.4 Å². The number of aromatic hydroxyl groups is 1. The van der Waals surface area contributed by atoms with Crippen molar-refractivity contribution >= 4 is 11.0 Å². The van der Waals surface area contributed by atoms with Crippen molar-refractivity contribution in [3.05, 3.63) is 28.6 Å². The Labute approximate surface area is 114 Å². The van der Waals surface area contributed by atoms with E-state index in [1.165, 1.54) is 14.2 Å². The Hall–Kier alpha value is -2.25. The maximum atomic E-state index is 11.4. The van der Waals surface area contributed by atoms with E-state index in [0.717, 1.165) is 6.07 Å². The summed E-state index contributed by atoms with van der Waals surface area (Å²) in [6.45, 7) is -0.0697. The van der Waals surface area contributed by atoms with E-state index >= 15 is 0 Å². The van der Waals surface area contributed by atoms with Crippen LogP contribution in [-0.4, -0.2) is 32.9 Å². The molecule has 0 aliphatic heterocycles. The lowest BCUT2D eigenvalue weighted by Crippen LogP contribution is -2.06. The molecule has 0 spiro atoms. The predicted molar refractivity (Wildman–Crippen MR) is 69.2 cm³/mol. The SMILES string of the molecule is COCOc1ccc2c(O)cc(=O)oc2c1OCOC. The quantitative estimate of drug-likeness (QED) is 0.634. The van der Waals surface area contributed by atoms with E-state index in [0.29, 0.717) is 11.1 Å². The number of ether oxygens (including phenoxy) is 4. The number of benzene rings is 1. The van der Waals surface area contributed by atoms with Crippen molar-refractivity contribution in [2.75, 3.05) is 27.8 Å². The number of methoxy groups -OCH3 is 2. The van der Waals surface area contributed by atoms with Crippen molar-refractivity contribution in [3.63, 3.8) is 0 Å². The van der Waals surface area contributed by atoms with Gasteiger partial charge in [0.2, 0.25) is 5.75 Å². The first kappa shape index (κ1) is 14.2. The number of fused-ring (bicyclic) bond motifs is 1. The average molecular weight is 282 g/mol. The van der Waals surface area contributed by atoms with Gasteiger partial charge < -0.3 is 28.5 Å². The Morgan fingerprint density at radius 2 is 1.85 bits per heavy atom. The van der Waals surface area contributed by atoms with E-state index in [1.807, 2.05) is 0 Å². The van der Waals surface area contributed by atoms with Gasteiger partial charge in [-0.05, 0) is 12.1 Å². The largest absolute Gasteiger partial charge is 0.507 e. The van der Waals surface area contributed by atoms with E-state index in [2.05, 4.69) is 0 Å². The van der Waals surface area contributed by atoms with Gasteiger partial charge in [0.1, 0.15) is 5.75 Å². The third kappa shape index (κ3) is 2.84. The summed E-state index contributed by atoms with van der Waals surface area (Å²) < 4.78 is 25.4. The Balaban J connectivity index is 2.59. The minimum atomic E-state index is -0.693. The van der Waals surface area contributed by atoms with Gasteiger partial charge in [-0.25, -0.2) is 4.79 Å². The predicted octanol–water partition coefficient (Wildman–Crippen LogP) is 1.46. The third-order valence-electron chi connectivity index (χ3n) is 2.46. The van der Waals surface area contributed by atoms with Gasteiger partial charge in [0.15, 0.2) is 24.9 Å². The van der Waals surface area contributed by atoms with Crippen LogP contribution in [0.3, 0.4) is 0 Å². The molecule has 1 aromatic carbocycles. The maximum Gasteiger partial charge on any atom is 0.340 e. The highest BCUT2D eigenvalue weighted by molar-refractivity contribution is 5.89. The van der Waals surface area contributed by atoms with Crippen LogP contribution >= 0.6 is 0 Å². The van der Waals surface area contributed by atoms with Crippen molar-refractivity contribution < 1.29 is 28.5 Å². The van der Waals surface area contributed by atoms with Gasteiger partial charge in [0, 0.05) is 14.2 Å². The number of rotatable bonds is 6. The molecule has 20 heavy (non-hydrogen) atoms. The minimum Gasteiger partial charge on any atom is -0.507 e. The first-order chi connectivity index (χ1) is 9.67. The molecule has 1 aromatic heterocycles. The smallest absolute Gasteiger partial charge is 0.340 e. The standard InChI is InChI=1S/C13H14O7/c1-16-6-18-10-4-3-8-9(14)5-11(15)20-12(8)13(10)19-7-17-2/h3-5,14H,6-7H2,1-2H3. The molecule has 2 aromatic rings. The lowest BCUT2D eigenvalue weighted by molar-refractivity contribution is 0.0325. The van der Waals surface area contributed by atoms with Crippen molar-refractivity contribution in [3.8, 4) is 17.2 Å². The molecule has 108 valence electrons. The average Bonchev–Trinajstić information content (AvgIpc) is 2.43. The van der Waals surface area contributed by atoms with E-state index in [9.17, 15) is 9.90 Å². The van der Waals surface area contributed by atoms with Gasteiger partial charge in [-0.2, -0.15) is 0 Å². The molecule has 0 unspecified atom stereocenters. The van der Waals surface area contributed by atoms with Crippen LogP contribution in [0.4, 0.5) is 0 Å². The van der Waals surface area contributed by atoms with Gasteiger partial charge >= 0.3 is 5.63 Å². The summed E-state index contributed by atoms with van der Waals surface area (Å²) in [5.41, 5.74) is -0.609. The molecule has 0 amide bonds. The molecule has 0 bridgehead atoms. The van der Waals surface area contributed by atoms with E-state index in [-0.39, 0.29) is 30.7 Å². The Bertz CT molecular complexity index is 647. The normalized spacial score (nSPS) is 10.7. The molecule has 0 saturated heterocycles. The summed E-state index contributed by atoms with van der Waals surface area (Å²) in [5, 5.41) is 10.1. The summed E-state index contributed by atoms with van der Waals surface area (Å²) >= 11 is 0. The zero-order valence-corrected chi connectivity index (χ0v) is 11.0. The summed E-state index contributed by atoms with van der Waals surface area (Å²) in [4.78, 5) is 11.4. The minimum absolute atomic E-state index is 0.00209. The third-order valence-corrected chi connectivity index (χ3v) is 2.46. The Kier molecular flexibility index (Phi) is 4.44. The second-order valence-electron chi connectivity index (χ2n) is 3.82. The molecular weight excluding hydrogens is 268 g/mol. The number of hydrogen-bond acceptors (Lipinski definition) is 7. The first-order valence-electron chi connectivity index (χ1n) is 5.70. The van der Waals surface area contributed by atoms with Crippen molar-refractivity contribution in [1.82, 2.24) is 0 Å². The molecule has 0 radical (unpaired) electrons. The van der Waals surface area contributed by atoms with Crippen molar-refractivity contribution in [2.24, 2.45) is 0 Å². The van der Waals surface area contributed by atoms with E-state index < -0.39 is 5.63 Å². The highest BCUT2D eigenvalue weighted by Gasteiger charge is 2.16. The van der Waals surface area contributed by atoms with Crippen molar-refractivity contribution in [2.45, 2.75) is 0 Å².